The Morgan fingerprint density at radius 2 is 2.43 bits per heavy atom. The van der Waals surface area contributed by atoms with Gasteiger partial charge in [0.25, 0.3) is 0 Å². The van der Waals surface area contributed by atoms with Crippen molar-refractivity contribution in [2.75, 3.05) is 0 Å². The standard InChI is InChI=1S/C9H12N2O2S/c1-2-3-4-7(10)8-5-6-9(14-8)11(12)13/h2,5-7H,1,3-4,10H2/t7-/m1/s1. The van der Waals surface area contributed by atoms with Crippen molar-refractivity contribution in [3.63, 3.8) is 0 Å². The van der Waals surface area contributed by atoms with Crippen molar-refractivity contribution in [2.24, 2.45) is 5.73 Å². The van der Waals surface area contributed by atoms with E-state index in [0.717, 1.165) is 29.1 Å². The zero-order valence-corrected chi connectivity index (χ0v) is 8.50. The second-order valence-corrected chi connectivity index (χ2v) is 4.00. The van der Waals surface area contributed by atoms with E-state index >= 15 is 0 Å². The molecule has 1 aromatic rings. The third kappa shape index (κ3) is 2.65. The maximum atomic E-state index is 10.4. The lowest BCUT2D eigenvalue weighted by atomic mass is 10.1. The molecule has 0 aliphatic heterocycles. The molecule has 5 heteroatoms. The van der Waals surface area contributed by atoms with Gasteiger partial charge in [-0.2, -0.15) is 0 Å². The smallest absolute Gasteiger partial charge is 0.323 e. The van der Waals surface area contributed by atoms with Crippen LogP contribution in [0.3, 0.4) is 0 Å². The van der Waals surface area contributed by atoms with Crippen LogP contribution in [0.25, 0.3) is 0 Å². The van der Waals surface area contributed by atoms with E-state index < -0.39 is 4.92 Å². The van der Waals surface area contributed by atoms with Crippen LogP contribution in [0.2, 0.25) is 0 Å². The van der Waals surface area contributed by atoms with Crippen LogP contribution in [0.1, 0.15) is 23.8 Å². The van der Waals surface area contributed by atoms with Gasteiger partial charge in [0.05, 0.1) is 4.92 Å². The third-order valence-electron chi connectivity index (χ3n) is 1.84. The monoisotopic (exact) mass is 212 g/mol. The van der Waals surface area contributed by atoms with Gasteiger partial charge in [-0.15, -0.1) is 6.58 Å². The summed E-state index contributed by atoms with van der Waals surface area (Å²) in [6.45, 7) is 3.60. The molecule has 1 aromatic heterocycles. The summed E-state index contributed by atoms with van der Waals surface area (Å²) in [5, 5.41) is 10.6. The van der Waals surface area contributed by atoms with Crippen LogP contribution >= 0.6 is 11.3 Å². The lowest BCUT2D eigenvalue weighted by Gasteiger charge is -2.05. The van der Waals surface area contributed by atoms with Crippen molar-refractivity contribution in [3.05, 3.63) is 39.8 Å². The maximum absolute atomic E-state index is 10.4. The molecule has 14 heavy (non-hydrogen) atoms. The quantitative estimate of drug-likeness (QED) is 0.463. The number of thiophene rings is 1. The summed E-state index contributed by atoms with van der Waals surface area (Å²) >= 11 is 1.14. The summed E-state index contributed by atoms with van der Waals surface area (Å²) in [5.74, 6) is 0. The largest absolute Gasteiger partial charge is 0.324 e. The Morgan fingerprint density at radius 1 is 1.71 bits per heavy atom. The highest BCUT2D eigenvalue weighted by molar-refractivity contribution is 7.15. The van der Waals surface area contributed by atoms with Crippen molar-refractivity contribution in [2.45, 2.75) is 18.9 Å². The molecule has 1 heterocycles. The van der Waals surface area contributed by atoms with E-state index in [-0.39, 0.29) is 11.0 Å². The Kier molecular flexibility index (Phi) is 3.79. The van der Waals surface area contributed by atoms with Crippen LogP contribution in [-0.4, -0.2) is 4.92 Å². The number of allylic oxidation sites excluding steroid dienone is 1. The van der Waals surface area contributed by atoms with E-state index in [2.05, 4.69) is 6.58 Å². The lowest BCUT2D eigenvalue weighted by molar-refractivity contribution is -0.380. The van der Waals surface area contributed by atoms with Crippen molar-refractivity contribution in [1.29, 1.82) is 0 Å². The Morgan fingerprint density at radius 3 is 2.93 bits per heavy atom. The van der Waals surface area contributed by atoms with Gasteiger partial charge < -0.3 is 5.73 Å². The highest BCUT2D eigenvalue weighted by atomic mass is 32.1. The number of nitrogens with two attached hydrogens (primary N) is 1. The van der Waals surface area contributed by atoms with Gasteiger partial charge in [-0.3, -0.25) is 10.1 Å². The van der Waals surface area contributed by atoms with Crippen LogP contribution in [-0.2, 0) is 0 Å². The van der Waals surface area contributed by atoms with E-state index in [0.29, 0.717) is 0 Å². The molecule has 76 valence electrons. The highest BCUT2D eigenvalue weighted by Crippen LogP contribution is 2.29. The maximum Gasteiger partial charge on any atom is 0.324 e. The first-order chi connectivity index (χ1) is 6.65. The molecule has 0 radical (unpaired) electrons. The molecule has 0 aliphatic carbocycles. The minimum Gasteiger partial charge on any atom is -0.323 e. The molecule has 0 unspecified atom stereocenters. The Hall–Kier alpha value is -1.20. The van der Waals surface area contributed by atoms with Gasteiger partial charge in [-0.25, -0.2) is 0 Å². The van der Waals surface area contributed by atoms with Crippen molar-refractivity contribution in [1.82, 2.24) is 0 Å². The molecule has 2 N–H and O–H groups in total. The molecule has 1 atom stereocenters. The van der Waals surface area contributed by atoms with Gasteiger partial charge in [0.2, 0.25) is 0 Å². The number of nitrogens with zero attached hydrogens (tertiary/aromatic N) is 1. The Labute approximate surface area is 86.2 Å². The zero-order chi connectivity index (χ0) is 10.6. The summed E-state index contributed by atoms with van der Waals surface area (Å²) in [7, 11) is 0. The molecular formula is C9H12N2O2S. The number of nitro groups is 1. The summed E-state index contributed by atoms with van der Waals surface area (Å²) in [4.78, 5) is 10.9. The number of rotatable bonds is 5. The van der Waals surface area contributed by atoms with Gasteiger partial charge in [0.15, 0.2) is 0 Å². The molecule has 4 nitrogen and oxygen atoms in total. The first-order valence-electron chi connectivity index (χ1n) is 4.25. The molecule has 1 rings (SSSR count). The van der Waals surface area contributed by atoms with Gasteiger partial charge in [0.1, 0.15) is 0 Å². The van der Waals surface area contributed by atoms with Crippen LogP contribution < -0.4 is 5.73 Å². The highest BCUT2D eigenvalue weighted by Gasteiger charge is 2.13. The summed E-state index contributed by atoms with van der Waals surface area (Å²) in [6, 6.07) is 3.09. The van der Waals surface area contributed by atoms with E-state index in [1.807, 2.05) is 0 Å². The average molecular weight is 212 g/mol. The molecule has 0 fully saturated rings. The average Bonchev–Trinajstić information content (AvgIpc) is 2.62. The lowest BCUT2D eigenvalue weighted by Crippen LogP contribution is -2.07. The summed E-state index contributed by atoms with van der Waals surface area (Å²) < 4.78 is 0. The molecule has 0 aromatic carbocycles. The number of hydrogen-bond donors (Lipinski definition) is 1. The predicted octanol–water partition coefficient (Wildman–Crippen LogP) is 2.62. The molecule has 0 saturated heterocycles. The molecular weight excluding hydrogens is 200 g/mol. The zero-order valence-electron chi connectivity index (χ0n) is 7.68. The van der Waals surface area contributed by atoms with Gasteiger partial charge in [-0.05, 0) is 18.9 Å². The van der Waals surface area contributed by atoms with Crippen molar-refractivity contribution in [3.8, 4) is 0 Å². The fourth-order valence-electron chi connectivity index (χ4n) is 1.08. The first kappa shape index (κ1) is 10.9. The normalized spacial score (nSPS) is 12.4. The van der Waals surface area contributed by atoms with Crippen molar-refractivity contribution >= 4 is 16.3 Å². The minimum atomic E-state index is -0.394. The Bertz CT molecular complexity index is 335. The molecule has 0 aliphatic rings. The Balaban J connectivity index is 2.66. The van der Waals surface area contributed by atoms with Crippen molar-refractivity contribution < 1.29 is 4.92 Å². The predicted molar refractivity (Wildman–Crippen MR) is 57.3 cm³/mol. The van der Waals surface area contributed by atoms with E-state index in [9.17, 15) is 10.1 Å². The van der Waals surface area contributed by atoms with Gasteiger partial charge in [0, 0.05) is 17.0 Å². The van der Waals surface area contributed by atoms with Crippen LogP contribution in [0.5, 0.6) is 0 Å². The topological polar surface area (TPSA) is 69.2 Å². The fourth-order valence-corrected chi connectivity index (χ4v) is 1.94. The third-order valence-corrected chi connectivity index (χ3v) is 3.01. The van der Waals surface area contributed by atoms with Crippen LogP contribution in [0, 0.1) is 10.1 Å². The van der Waals surface area contributed by atoms with Crippen LogP contribution in [0.4, 0.5) is 5.00 Å². The second-order valence-electron chi connectivity index (χ2n) is 2.91. The van der Waals surface area contributed by atoms with Gasteiger partial charge in [-0.1, -0.05) is 17.4 Å². The SMILES string of the molecule is C=CCC[C@@H](N)c1ccc([N+](=O)[O-])s1. The summed E-state index contributed by atoms with van der Waals surface area (Å²) in [5.41, 5.74) is 5.83. The minimum absolute atomic E-state index is 0.119. The molecule has 0 spiro atoms. The number of hydrogen-bond acceptors (Lipinski definition) is 4. The molecule has 0 bridgehead atoms. The van der Waals surface area contributed by atoms with Gasteiger partial charge >= 0.3 is 5.00 Å². The summed E-state index contributed by atoms with van der Waals surface area (Å²) in [6.07, 6.45) is 3.40. The van der Waals surface area contributed by atoms with E-state index in [1.165, 1.54) is 6.07 Å². The van der Waals surface area contributed by atoms with Crippen LogP contribution in [0.15, 0.2) is 24.8 Å². The molecule has 0 amide bonds. The van der Waals surface area contributed by atoms with E-state index in [4.69, 9.17) is 5.73 Å². The van der Waals surface area contributed by atoms with E-state index in [1.54, 1.807) is 12.1 Å². The first-order valence-corrected chi connectivity index (χ1v) is 5.07. The second kappa shape index (κ2) is 4.88. The molecule has 0 saturated carbocycles. The fraction of sp³-hybridized carbons (Fsp3) is 0.333.